The molecule has 40 heavy (non-hydrogen) atoms. The van der Waals surface area contributed by atoms with Crippen LogP contribution in [0.4, 0.5) is 0 Å². The molecule has 3 aromatic rings. The summed E-state index contributed by atoms with van der Waals surface area (Å²) in [7, 11) is 0. The van der Waals surface area contributed by atoms with Crippen LogP contribution in [0.2, 0.25) is 0 Å². The third kappa shape index (κ3) is 10.2. The average Bonchev–Trinajstić information content (AvgIpc) is 3.41. The van der Waals surface area contributed by atoms with Gasteiger partial charge in [-0.15, -0.1) is 0 Å². The van der Waals surface area contributed by atoms with Gasteiger partial charge in [-0.2, -0.15) is 0 Å². The fourth-order valence-electron chi connectivity index (χ4n) is 6.90. The van der Waals surface area contributed by atoms with Crippen LogP contribution in [0.15, 0.2) is 73.1 Å². The summed E-state index contributed by atoms with van der Waals surface area (Å²) < 4.78 is 2.53. The summed E-state index contributed by atoms with van der Waals surface area (Å²) in [6.45, 7) is 10.7. The molecule has 1 heterocycles. The van der Waals surface area contributed by atoms with Crippen LogP contribution in [0.1, 0.15) is 140 Å². The fraction of sp³-hybridized carbons (Fsp3) is 0.605. The highest BCUT2D eigenvalue weighted by Gasteiger charge is 2.44. The number of imidazole rings is 1. The lowest BCUT2D eigenvalue weighted by Crippen LogP contribution is -2.45. The van der Waals surface area contributed by atoms with Crippen LogP contribution in [0.5, 0.6) is 0 Å². The van der Waals surface area contributed by atoms with E-state index in [0.29, 0.717) is 11.8 Å². The lowest BCUT2D eigenvalue weighted by molar-refractivity contribution is -0.705. The molecule has 0 aliphatic heterocycles. The van der Waals surface area contributed by atoms with Crippen molar-refractivity contribution in [3.8, 4) is 0 Å². The minimum Gasteiger partial charge on any atom is -0.247 e. The Hall–Kier alpha value is -2.35. The molecule has 0 radical (unpaired) electrons. The summed E-state index contributed by atoms with van der Waals surface area (Å²) in [4.78, 5) is 3.71. The molecule has 0 amide bonds. The van der Waals surface area contributed by atoms with Crippen LogP contribution in [0.25, 0.3) is 0 Å². The van der Waals surface area contributed by atoms with Gasteiger partial charge >= 0.3 is 0 Å². The number of benzene rings is 2. The van der Waals surface area contributed by atoms with Gasteiger partial charge in [0.2, 0.25) is 0 Å². The van der Waals surface area contributed by atoms with E-state index in [4.69, 9.17) is 0 Å². The van der Waals surface area contributed by atoms with Gasteiger partial charge < -0.3 is 0 Å². The van der Waals surface area contributed by atoms with Crippen molar-refractivity contribution in [3.63, 3.8) is 0 Å². The van der Waals surface area contributed by atoms with Crippen molar-refractivity contribution < 1.29 is 4.57 Å². The first-order chi connectivity index (χ1) is 19.6. The Labute approximate surface area is 247 Å². The molecule has 0 aliphatic rings. The van der Waals surface area contributed by atoms with Crippen molar-refractivity contribution in [2.24, 2.45) is 5.92 Å². The third-order valence-electron chi connectivity index (χ3n) is 9.04. The maximum atomic E-state index is 3.71. The van der Waals surface area contributed by atoms with Crippen molar-refractivity contribution in [2.45, 2.75) is 142 Å². The predicted molar refractivity (Wildman–Crippen MR) is 173 cm³/mol. The van der Waals surface area contributed by atoms with Gasteiger partial charge in [0, 0.05) is 5.41 Å². The van der Waals surface area contributed by atoms with Gasteiger partial charge in [-0.1, -0.05) is 165 Å². The number of hydrogen-bond donors (Lipinski definition) is 1. The molecule has 0 fully saturated rings. The van der Waals surface area contributed by atoms with Crippen LogP contribution in [0.3, 0.4) is 0 Å². The van der Waals surface area contributed by atoms with Crippen LogP contribution in [-0.2, 0) is 18.4 Å². The van der Waals surface area contributed by atoms with E-state index < -0.39 is 0 Å². The van der Waals surface area contributed by atoms with E-state index in [1.807, 2.05) is 0 Å². The summed E-state index contributed by atoms with van der Waals surface area (Å²) in [5, 5.41) is 0. The first kappa shape index (κ1) is 32.2. The van der Waals surface area contributed by atoms with Gasteiger partial charge in [-0.05, 0) is 36.3 Å². The normalized spacial score (nSPS) is 13.9. The van der Waals surface area contributed by atoms with Crippen LogP contribution in [0, 0.1) is 5.92 Å². The Kier molecular flexibility index (Phi) is 14.6. The Balaban J connectivity index is 1.51. The summed E-state index contributed by atoms with van der Waals surface area (Å²) in [6, 6.07) is 22.3. The quantitative estimate of drug-likeness (QED) is 0.102. The van der Waals surface area contributed by atoms with Crippen molar-refractivity contribution in [2.75, 3.05) is 0 Å². The zero-order valence-electron chi connectivity index (χ0n) is 26.3. The molecule has 2 unspecified atom stereocenters. The molecule has 2 heteroatoms. The van der Waals surface area contributed by atoms with E-state index in [1.165, 1.54) is 107 Å². The zero-order chi connectivity index (χ0) is 28.5. The van der Waals surface area contributed by atoms with Crippen molar-refractivity contribution in [1.82, 2.24) is 4.98 Å². The molecule has 2 atom stereocenters. The van der Waals surface area contributed by atoms with E-state index in [2.05, 4.69) is 110 Å². The van der Waals surface area contributed by atoms with Gasteiger partial charge in [-0.25, -0.2) is 9.55 Å². The molecule has 2 nitrogen and oxygen atoms in total. The minimum absolute atomic E-state index is 0.0150. The van der Waals surface area contributed by atoms with Crippen LogP contribution < -0.4 is 4.57 Å². The van der Waals surface area contributed by atoms with E-state index >= 15 is 0 Å². The summed E-state index contributed by atoms with van der Waals surface area (Å²) >= 11 is 0. The molecule has 1 N–H and O–H groups in total. The Morgan fingerprint density at radius 2 is 1.18 bits per heavy atom. The summed E-state index contributed by atoms with van der Waals surface area (Å²) in [6.07, 6.45) is 25.1. The van der Waals surface area contributed by atoms with Crippen molar-refractivity contribution >= 4 is 0 Å². The first-order valence-electron chi connectivity index (χ1n) is 16.7. The van der Waals surface area contributed by atoms with Crippen molar-refractivity contribution in [3.05, 3.63) is 90.0 Å². The second-order valence-electron chi connectivity index (χ2n) is 12.8. The number of nitrogens with zero attached hydrogens (tertiary/aromatic N) is 1. The van der Waals surface area contributed by atoms with Crippen LogP contribution >= 0.6 is 0 Å². The number of aromatic amines is 1. The largest absolute Gasteiger partial charge is 0.258 e. The minimum atomic E-state index is -0.0150. The smallest absolute Gasteiger partial charge is 0.247 e. The molecule has 0 saturated heterocycles. The first-order valence-corrected chi connectivity index (χ1v) is 16.7. The Morgan fingerprint density at radius 1 is 0.675 bits per heavy atom. The molecule has 1 aromatic heterocycles. The Morgan fingerprint density at radius 3 is 1.70 bits per heavy atom. The predicted octanol–water partition coefficient (Wildman–Crippen LogP) is 10.7. The van der Waals surface area contributed by atoms with E-state index in [-0.39, 0.29) is 5.41 Å². The number of unbranched alkanes of at least 4 members (excludes halogenated alkanes) is 13. The van der Waals surface area contributed by atoms with Crippen LogP contribution in [-0.4, -0.2) is 4.98 Å². The second-order valence-corrected chi connectivity index (χ2v) is 12.8. The van der Waals surface area contributed by atoms with Gasteiger partial charge in [0.15, 0.2) is 0 Å². The summed E-state index contributed by atoms with van der Waals surface area (Å²) in [5.41, 5.74) is 2.82. The molecular formula is C38H59N2+. The molecule has 0 saturated carbocycles. The number of nitrogens with one attached hydrogen (secondary N) is 1. The molecule has 220 valence electrons. The van der Waals surface area contributed by atoms with Gasteiger partial charge in [0.05, 0.1) is 12.5 Å². The zero-order valence-corrected chi connectivity index (χ0v) is 26.3. The molecule has 0 bridgehead atoms. The van der Waals surface area contributed by atoms with Gasteiger partial charge in [0.1, 0.15) is 12.4 Å². The number of hydrogen-bond acceptors (Lipinski definition) is 0. The highest BCUT2D eigenvalue weighted by molar-refractivity contribution is 5.33. The van der Waals surface area contributed by atoms with Gasteiger partial charge in [-0.3, -0.25) is 0 Å². The van der Waals surface area contributed by atoms with E-state index in [0.717, 1.165) is 13.0 Å². The van der Waals surface area contributed by atoms with Crippen molar-refractivity contribution in [1.29, 1.82) is 0 Å². The highest BCUT2D eigenvalue weighted by atomic mass is 15.1. The number of aryl methyl sites for hydroxylation is 1. The second kappa shape index (κ2) is 18.2. The van der Waals surface area contributed by atoms with Gasteiger partial charge in [0.25, 0.3) is 5.82 Å². The topological polar surface area (TPSA) is 19.7 Å². The van der Waals surface area contributed by atoms with E-state index in [9.17, 15) is 0 Å². The molecule has 3 rings (SSSR count). The fourth-order valence-corrected chi connectivity index (χ4v) is 6.90. The molecule has 0 aliphatic carbocycles. The lowest BCUT2D eigenvalue weighted by Gasteiger charge is -2.39. The summed E-state index contributed by atoms with van der Waals surface area (Å²) in [5.74, 6) is 2.28. The number of aromatic nitrogens is 2. The Bertz CT molecular complexity index is 1020. The molecule has 2 aromatic carbocycles. The maximum absolute atomic E-state index is 3.71. The molecule has 0 spiro atoms. The average molecular weight is 544 g/mol. The highest BCUT2D eigenvalue weighted by Crippen LogP contribution is 2.44. The van der Waals surface area contributed by atoms with E-state index in [1.54, 1.807) is 0 Å². The number of rotatable bonds is 21. The lowest BCUT2D eigenvalue weighted by atomic mass is 9.64. The molecular weight excluding hydrogens is 484 g/mol. The number of H-pyrrole nitrogens is 1. The third-order valence-corrected chi connectivity index (χ3v) is 9.04. The SMILES string of the molecule is CCCCCCCCCCCCCCCC[n+]1cc[nH]c1C(C(C)C)C(C)(Cc1ccccc1)c1ccccc1. The monoisotopic (exact) mass is 543 g/mol. The standard InChI is InChI=1S/C38H58N2/c1-5-6-7-8-9-10-11-12-13-14-15-16-17-24-30-40-31-29-39-37(40)36(33(2)3)38(4,35-27-22-19-23-28-35)32-34-25-20-18-21-26-34/h18-23,25-29,31,33,36H,5-17,24,30,32H2,1-4H3/p+1. The maximum Gasteiger partial charge on any atom is 0.258 e.